The molecule has 218 valence electrons. The monoisotopic (exact) mass is 597 g/mol. The first kappa shape index (κ1) is 29.1. The number of methoxy groups -OCH3 is 1. The topological polar surface area (TPSA) is 136 Å². The summed E-state index contributed by atoms with van der Waals surface area (Å²) in [6.07, 6.45) is 1.41. The summed E-state index contributed by atoms with van der Waals surface area (Å²) in [5.74, 6) is -0.538. The van der Waals surface area contributed by atoms with Crippen LogP contribution in [0.15, 0.2) is 112 Å². The molecular weight excluding hydrogens is 570 g/mol. The number of fused-ring (bicyclic) bond motifs is 1. The van der Waals surface area contributed by atoms with E-state index in [0.717, 1.165) is 4.57 Å². The van der Waals surface area contributed by atoms with Gasteiger partial charge in [-0.3, -0.25) is 14.5 Å². The number of nitrogens with zero attached hydrogens (tertiary/aromatic N) is 2. The molecule has 5 aromatic rings. The van der Waals surface area contributed by atoms with Gasteiger partial charge in [-0.15, -0.1) is 0 Å². The van der Waals surface area contributed by atoms with Gasteiger partial charge in [-0.05, 0) is 67.6 Å². The number of esters is 1. The third-order valence-electron chi connectivity index (χ3n) is 6.56. The van der Waals surface area contributed by atoms with E-state index in [2.05, 4.69) is 9.71 Å². The van der Waals surface area contributed by atoms with E-state index in [1.54, 1.807) is 79.7 Å². The first-order valence-electron chi connectivity index (χ1n) is 13.2. The molecule has 4 aromatic carbocycles. The van der Waals surface area contributed by atoms with Crippen molar-refractivity contribution in [3.05, 3.63) is 119 Å². The summed E-state index contributed by atoms with van der Waals surface area (Å²) in [6, 6.07) is 25.4. The second-order valence-electron chi connectivity index (χ2n) is 9.25. The normalized spacial score (nSPS) is 11.5. The number of hydrogen-bond donors (Lipinski definition) is 2. The third kappa shape index (κ3) is 5.97. The van der Waals surface area contributed by atoms with Crippen molar-refractivity contribution in [2.75, 3.05) is 18.4 Å². The average molecular weight is 598 g/mol. The Labute approximate surface area is 247 Å². The Morgan fingerprint density at radius 2 is 1.65 bits per heavy atom. The first-order chi connectivity index (χ1) is 20.7. The molecule has 2 N–H and O–H groups in total. The van der Waals surface area contributed by atoms with E-state index in [1.165, 1.54) is 37.6 Å². The molecule has 0 amide bonds. The maximum absolute atomic E-state index is 13.6. The second kappa shape index (κ2) is 12.2. The number of pyridine rings is 1. The maximum Gasteiger partial charge on any atom is 0.338 e. The van der Waals surface area contributed by atoms with E-state index in [0.29, 0.717) is 27.8 Å². The Balaban J connectivity index is 1.57. The lowest BCUT2D eigenvalue weighted by Crippen LogP contribution is -2.21. The third-order valence-corrected chi connectivity index (χ3v) is 7.93. The molecule has 0 aliphatic heterocycles. The number of carbonyl (C=O) groups is 1. The molecule has 1 aromatic heterocycles. The highest BCUT2D eigenvalue weighted by Crippen LogP contribution is 2.29. The predicted octanol–water partition coefficient (Wildman–Crippen LogP) is 5.43. The fourth-order valence-corrected chi connectivity index (χ4v) is 5.60. The number of anilines is 1. The maximum atomic E-state index is 13.6. The molecule has 5 rings (SSSR count). The van der Waals surface area contributed by atoms with Crippen LogP contribution in [0.3, 0.4) is 0 Å². The Morgan fingerprint density at radius 3 is 2.37 bits per heavy atom. The lowest BCUT2D eigenvalue weighted by molar-refractivity contribution is 0.0526. The largest absolute Gasteiger partial charge is 0.495 e. The highest BCUT2D eigenvalue weighted by Gasteiger charge is 2.20. The van der Waals surface area contributed by atoms with Gasteiger partial charge in [-0.2, -0.15) is 0 Å². The molecular formula is C32H27N3O7S. The van der Waals surface area contributed by atoms with Gasteiger partial charge >= 0.3 is 5.97 Å². The average Bonchev–Trinajstić information content (AvgIpc) is 3.02. The van der Waals surface area contributed by atoms with Crippen molar-refractivity contribution in [3.63, 3.8) is 0 Å². The molecule has 0 atom stereocenters. The molecule has 0 unspecified atom stereocenters. The van der Waals surface area contributed by atoms with E-state index < -0.39 is 27.4 Å². The Bertz CT molecular complexity index is 2020. The zero-order chi connectivity index (χ0) is 30.6. The molecule has 0 spiro atoms. The predicted molar refractivity (Wildman–Crippen MR) is 165 cm³/mol. The van der Waals surface area contributed by atoms with E-state index in [9.17, 15) is 23.1 Å². The number of para-hydroxylation sites is 2. The van der Waals surface area contributed by atoms with Crippen LogP contribution in [0, 0.1) is 0 Å². The first-order valence-corrected chi connectivity index (χ1v) is 14.7. The van der Waals surface area contributed by atoms with Crippen molar-refractivity contribution in [3.8, 4) is 17.3 Å². The van der Waals surface area contributed by atoms with Crippen LogP contribution in [0.4, 0.5) is 11.4 Å². The van der Waals surface area contributed by atoms with Crippen molar-refractivity contribution < 1.29 is 27.8 Å². The zero-order valence-electron chi connectivity index (χ0n) is 23.2. The van der Waals surface area contributed by atoms with Crippen molar-refractivity contribution in [1.29, 1.82) is 0 Å². The summed E-state index contributed by atoms with van der Waals surface area (Å²) >= 11 is 0. The van der Waals surface area contributed by atoms with Gasteiger partial charge in [-0.1, -0.05) is 36.4 Å². The number of sulfonamides is 1. The van der Waals surface area contributed by atoms with E-state index in [1.807, 2.05) is 0 Å². The van der Waals surface area contributed by atoms with Gasteiger partial charge in [0, 0.05) is 17.0 Å². The van der Waals surface area contributed by atoms with E-state index >= 15 is 0 Å². The summed E-state index contributed by atoms with van der Waals surface area (Å²) in [7, 11) is -2.67. The van der Waals surface area contributed by atoms with Crippen molar-refractivity contribution in [1.82, 2.24) is 4.57 Å². The van der Waals surface area contributed by atoms with Crippen LogP contribution in [0.1, 0.15) is 22.8 Å². The van der Waals surface area contributed by atoms with Crippen molar-refractivity contribution in [2.24, 2.45) is 4.99 Å². The van der Waals surface area contributed by atoms with Crippen molar-refractivity contribution in [2.45, 2.75) is 11.8 Å². The summed E-state index contributed by atoms with van der Waals surface area (Å²) in [5.41, 5.74) is 0.934. The number of nitrogens with one attached hydrogen (secondary N) is 1. The van der Waals surface area contributed by atoms with Gasteiger partial charge in [0.15, 0.2) is 0 Å². The zero-order valence-corrected chi connectivity index (χ0v) is 24.0. The quantitative estimate of drug-likeness (QED) is 0.171. The summed E-state index contributed by atoms with van der Waals surface area (Å²) in [5, 5.41) is 12.1. The van der Waals surface area contributed by atoms with Crippen molar-refractivity contribution >= 4 is 44.4 Å². The van der Waals surface area contributed by atoms with E-state index in [4.69, 9.17) is 9.47 Å². The molecule has 1 heterocycles. The summed E-state index contributed by atoms with van der Waals surface area (Å²) < 4.78 is 40.4. The smallest absolute Gasteiger partial charge is 0.338 e. The van der Waals surface area contributed by atoms with Gasteiger partial charge in [0.2, 0.25) is 5.88 Å². The molecule has 0 aliphatic carbocycles. The van der Waals surface area contributed by atoms with Crippen LogP contribution >= 0.6 is 0 Å². The summed E-state index contributed by atoms with van der Waals surface area (Å²) in [4.78, 5) is 29.9. The van der Waals surface area contributed by atoms with Crippen LogP contribution in [0.5, 0.6) is 11.6 Å². The molecule has 0 bridgehead atoms. The fourth-order valence-electron chi connectivity index (χ4n) is 4.49. The molecule has 43 heavy (non-hydrogen) atoms. The molecule has 0 aliphatic rings. The number of aromatic nitrogens is 1. The van der Waals surface area contributed by atoms with Gasteiger partial charge in [0.05, 0.1) is 46.8 Å². The number of carbonyl (C=O) groups excluding carboxylic acids is 1. The lowest BCUT2D eigenvalue weighted by Gasteiger charge is -2.15. The van der Waals surface area contributed by atoms with Crippen LogP contribution in [0.2, 0.25) is 0 Å². The number of ether oxygens (including phenoxy) is 2. The summed E-state index contributed by atoms with van der Waals surface area (Å²) in [6.45, 7) is 1.98. The number of hydrogen-bond acceptors (Lipinski definition) is 8. The van der Waals surface area contributed by atoms with Gasteiger partial charge < -0.3 is 14.6 Å². The molecule has 0 fully saturated rings. The molecule has 0 saturated carbocycles. The minimum absolute atomic E-state index is 0.129. The SMILES string of the molecule is CCOC(=O)c1ccc(N=Cc2c(O)n(-c3cccc(S(=O)(=O)Nc4ccccc4OC)c3)c(=O)c3ccccc23)cc1. The number of rotatable bonds is 9. The van der Waals surface area contributed by atoms with Crippen LogP contribution in [-0.4, -0.2) is 44.0 Å². The number of aliphatic imine (C=N–C) groups is 1. The standard InChI is InChI=1S/C32H27N3O7S/c1-3-42-32(38)21-15-17-22(18-16-21)33-20-27-25-11-4-5-12-26(25)30(36)35(31(27)37)23-9-8-10-24(19-23)43(39,40)34-28-13-6-7-14-29(28)41-2/h4-20,34,37H,3H2,1-2H3. The lowest BCUT2D eigenvalue weighted by atomic mass is 10.1. The molecule has 10 nitrogen and oxygen atoms in total. The van der Waals surface area contributed by atoms with Gasteiger partial charge in [0.25, 0.3) is 15.6 Å². The van der Waals surface area contributed by atoms with E-state index in [-0.39, 0.29) is 28.4 Å². The Hall–Kier alpha value is -5.42. The van der Waals surface area contributed by atoms with Gasteiger partial charge in [0.1, 0.15) is 5.75 Å². The highest BCUT2D eigenvalue weighted by atomic mass is 32.2. The minimum Gasteiger partial charge on any atom is -0.495 e. The Kier molecular flexibility index (Phi) is 8.26. The van der Waals surface area contributed by atoms with Crippen LogP contribution < -0.4 is 15.0 Å². The minimum atomic E-state index is -4.10. The number of benzene rings is 4. The molecule has 0 radical (unpaired) electrons. The molecule has 0 saturated heterocycles. The highest BCUT2D eigenvalue weighted by molar-refractivity contribution is 7.92. The fraction of sp³-hybridized carbons (Fsp3) is 0.0938. The second-order valence-corrected chi connectivity index (χ2v) is 10.9. The molecule has 11 heteroatoms. The van der Waals surface area contributed by atoms with Crippen LogP contribution in [-0.2, 0) is 14.8 Å². The van der Waals surface area contributed by atoms with Crippen LogP contribution in [0.25, 0.3) is 16.5 Å². The van der Waals surface area contributed by atoms with Gasteiger partial charge in [-0.25, -0.2) is 17.8 Å². The Morgan fingerprint density at radius 1 is 0.953 bits per heavy atom. The number of aromatic hydroxyl groups is 1.